The van der Waals surface area contributed by atoms with E-state index in [9.17, 15) is 4.79 Å². The van der Waals surface area contributed by atoms with Gasteiger partial charge >= 0.3 is 0 Å². The molecule has 0 amide bonds. The molecule has 58 valence electrons. The van der Waals surface area contributed by atoms with Crippen LogP contribution in [0.5, 0.6) is 0 Å². The van der Waals surface area contributed by atoms with Gasteiger partial charge in [-0.05, 0) is 13.0 Å². The molecule has 0 aliphatic rings. The van der Waals surface area contributed by atoms with Crippen molar-refractivity contribution in [3.63, 3.8) is 0 Å². The van der Waals surface area contributed by atoms with Crippen LogP contribution in [-0.4, -0.2) is 14.4 Å². The van der Waals surface area contributed by atoms with Crippen molar-refractivity contribution in [2.75, 3.05) is 0 Å². The van der Waals surface area contributed by atoms with E-state index in [1.807, 2.05) is 0 Å². The Bertz CT molecular complexity index is 138. The van der Waals surface area contributed by atoms with Crippen LogP contribution in [0.4, 0.5) is 0 Å². The molecule has 0 aliphatic carbocycles. The molecule has 0 heterocycles. The third kappa shape index (κ3) is 2.97. The zero-order chi connectivity index (χ0) is 8.20. The van der Waals surface area contributed by atoms with Gasteiger partial charge in [-0.15, -0.1) is 6.58 Å². The van der Waals surface area contributed by atoms with E-state index in [-0.39, 0.29) is 0 Å². The molecule has 10 heavy (non-hydrogen) atoms. The van der Waals surface area contributed by atoms with Crippen molar-refractivity contribution in [2.45, 2.75) is 32.5 Å². The quantitative estimate of drug-likeness (QED) is 0.451. The lowest BCUT2D eigenvalue weighted by molar-refractivity contribution is -0.107. The summed E-state index contributed by atoms with van der Waals surface area (Å²) in [7, 11) is -1.23. The number of carbonyl (C=O) groups is 1. The van der Waals surface area contributed by atoms with Gasteiger partial charge in [0, 0.05) is 6.42 Å². The van der Waals surface area contributed by atoms with Crippen LogP contribution in [0, 0.1) is 0 Å². The molecular weight excluding hydrogens is 140 g/mol. The van der Waals surface area contributed by atoms with Crippen LogP contribution in [-0.2, 0) is 4.79 Å². The highest BCUT2D eigenvalue weighted by molar-refractivity contribution is 6.84. The first kappa shape index (κ1) is 9.63. The summed E-state index contributed by atoms with van der Waals surface area (Å²) in [6.45, 7) is 10.5. The maximum Gasteiger partial charge on any atom is 0.119 e. The predicted octanol–water partition coefficient (Wildman–Crippen LogP) is 2.40. The van der Waals surface area contributed by atoms with Gasteiger partial charge in [0.05, 0.1) is 8.07 Å². The Labute approximate surface area is 64.1 Å². The van der Waals surface area contributed by atoms with Crippen LogP contribution in [0.1, 0.15) is 13.3 Å². The lowest BCUT2D eigenvalue weighted by Crippen LogP contribution is -2.26. The van der Waals surface area contributed by atoms with Gasteiger partial charge in [0.15, 0.2) is 0 Å². The smallest absolute Gasteiger partial charge is 0.119 e. The van der Waals surface area contributed by atoms with Gasteiger partial charge in [-0.3, -0.25) is 0 Å². The van der Waals surface area contributed by atoms with Crippen LogP contribution < -0.4 is 0 Å². The van der Waals surface area contributed by atoms with Gasteiger partial charge in [-0.1, -0.05) is 18.3 Å². The van der Waals surface area contributed by atoms with Gasteiger partial charge < -0.3 is 4.79 Å². The number of carbonyl (C=O) groups excluding carboxylic acids is 1. The Kier molecular flexibility index (Phi) is 3.57. The molecule has 0 saturated heterocycles. The van der Waals surface area contributed by atoms with Crippen molar-refractivity contribution >= 4 is 14.4 Å². The fourth-order valence-corrected chi connectivity index (χ4v) is 1.90. The molecule has 2 heteroatoms. The van der Waals surface area contributed by atoms with Crippen LogP contribution in [0.2, 0.25) is 19.1 Å². The molecule has 0 aliphatic heterocycles. The summed E-state index contributed by atoms with van der Waals surface area (Å²) in [6, 6.07) is 1.05. The second-order valence-corrected chi connectivity index (χ2v) is 8.49. The summed E-state index contributed by atoms with van der Waals surface area (Å²) in [4.78, 5) is 10.1. The van der Waals surface area contributed by atoms with Crippen molar-refractivity contribution in [1.29, 1.82) is 0 Å². The molecule has 0 atom stereocenters. The zero-order valence-corrected chi connectivity index (χ0v) is 8.11. The number of allylic oxidation sites excluding steroid dienone is 1. The van der Waals surface area contributed by atoms with Gasteiger partial charge in [0.2, 0.25) is 0 Å². The Morgan fingerprint density at radius 3 is 2.40 bits per heavy atom. The predicted molar refractivity (Wildman–Crippen MR) is 47.8 cm³/mol. The van der Waals surface area contributed by atoms with Crippen molar-refractivity contribution in [3.05, 3.63) is 11.8 Å². The van der Waals surface area contributed by atoms with Crippen LogP contribution in [0.15, 0.2) is 11.8 Å². The maximum atomic E-state index is 10.1. The molecular formula is C8H16OSi. The molecule has 0 bridgehead atoms. The second kappa shape index (κ2) is 3.71. The highest BCUT2D eigenvalue weighted by Crippen LogP contribution is 2.18. The minimum absolute atomic E-state index is 0.700. The van der Waals surface area contributed by atoms with E-state index < -0.39 is 8.07 Å². The number of hydrogen-bond donors (Lipinski definition) is 0. The Morgan fingerprint density at radius 2 is 2.10 bits per heavy atom. The first-order valence-corrected chi connectivity index (χ1v) is 6.81. The van der Waals surface area contributed by atoms with Crippen molar-refractivity contribution in [3.8, 4) is 0 Å². The van der Waals surface area contributed by atoms with Crippen molar-refractivity contribution < 1.29 is 4.79 Å². The molecule has 0 unspecified atom stereocenters. The van der Waals surface area contributed by atoms with E-state index in [4.69, 9.17) is 0 Å². The lowest BCUT2D eigenvalue weighted by atomic mass is 10.6. The van der Waals surface area contributed by atoms with E-state index in [0.717, 1.165) is 12.3 Å². The highest BCUT2D eigenvalue weighted by Gasteiger charge is 2.20. The molecule has 0 aromatic carbocycles. The summed E-state index contributed by atoms with van der Waals surface area (Å²) >= 11 is 0. The normalized spacial score (nSPS) is 11.1. The first-order chi connectivity index (χ1) is 4.50. The second-order valence-electron chi connectivity index (χ2n) is 3.37. The highest BCUT2D eigenvalue weighted by atomic mass is 28.3. The first-order valence-electron chi connectivity index (χ1n) is 3.60. The fourth-order valence-electron chi connectivity index (χ4n) is 0.633. The molecule has 0 fully saturated rings. The number of hydrogen-bond acceptors (Lipinski definition) is 1. The Morgan fingerprint density at radius 1 is 1.60 bits per heavy atom. The van der Waals surface area contributed by atoms with Gasteiger partial charge in [-0.2, -0.15) is 0 Å². The Balaban J connectivity index is 3.86. The number of aldehydes is 1. The lowest BCUT2D eigenvalue weighted by Gasteiger charge is -2.20. The molecule has 1 nitrogen and oxygen atoms in total. The summed E-state index contributed by atoms with van der Waals surface area (Å²) in [5.41, 5.74) is 0. The molecule has 0 rings (SSSR count). The minimum atomic E-state index is -1.23. The van der Waals surface area contributed by atoms with E-state index >= 15 is 0 Å². The van der Waals surface area contributed by atoms with E-state index in [1.54, 1.807) is 0 Å². The van der Waals surface area contributed by atoms with E-state index in [0.29, 0.717) is 6.42 Å². The average molecular weight is 156 g/mol. The van der Waals surface area contributed by atoms with E-state index in [2.05, 4.69) is 26.6 Å². The van der Waals surface area contributed by atoms with Crippen molar-refractivity contribution in [1.82, 2.24) is 0 Å². The average Bonchev–Trinajstić information content (AvgIpc) is 1.84. The molecule has 0 aromatic heterocycles. The summed E-state index contributed by atoms with van der Waals surface area (Å²) in [6.07, 6.45) is 1.70. The van der Waals surface area contributed by atoms with Gasteiger partial charge in [-0.25, -0.2) is 0 Å². The monoisotopic (exact) mass is 156 g/mol. The van der Waals surface area contributed by atoms with Crippen LogP contribution in [0.3, 0.4) is 0 Å². The molecule has 0 saturated carbocycles. The Hall–Kier alpha value is -0.373. The zero-order valence-electron chi connectivity index (χ0n) is 7.11. The topological polar surface area (TPSA) is 17.1 Å². The summed E-state index contributed by atoms with van der Waals surface area (Å²) < 4.78 is 0. The largest absolute Gasteiger partial charge is 0.303 e. The van der Waals surface area contributed by atoms with Gasteiger partial charge in [0.1, 0.15) is 6.29 Å². The summed E-state index contributed by atoms with van der Waals surface area (Å²) in [5.74, 6) is 0. The maximum absolute atomic E-state index is 10.1. The standard InChI is InChI=1S/C8H16OSi/c1-8(2)10(3,4)7-5-6-9/h6H,1,5,7H2,2-4H3. The molecule has 0 radical (unpaired) electrons. The van der Waals surface area contributed by atoms with Crippen LogP contribution in [0.25, 0.3) is 0 Å². The third-order valence-electron chi connectivity index (χ3n) is 2.04. The molecule has 0 aromatic rings. The van der Waals surface area contributed by atoms with Crippen molar-refractivity contribution in [2.24, 2.45) is 0 Å². The van der Waals surface area contributed by atoms with Gasteiger partial charge in [0.25, 0.3) is 0 Å². The molecule has 0 spiro atoms. The fraction of sp³-hybridized carbons (Fsp3) is 0.625. The molecule has 0 N–H and O–H groups in total. The van der Waals surface area contributed by atoms with Crippen LogP contribution >= 0.6 is 0 Å². The van der Waals surface area contributed by atoms with E-state index in [1.165, 1.54) is 5.20 Å². The number of rotatable bonds is 4. The summed E-state index contributed by atoms with van der Waals surface area (Å²) in [5, 5.41) is 1.29. The SMILES string of the molecule is C=C(C)[Si](C)(C)CCC=O. The third-order valence-corrected chi connectivity index (χ3v) is 5.89. The minimum Gasteiger partial charge on any atom is -0.303 e.